The van der Waals surface area contributed by atoms with E-state index < -0.39 is 0 Å². The summed E-state index contributed by atoms with van der Waals surface area (Å²) in [6.07, 6.45) is 0. The lowest BCUT2D eigenvalue weighted by Crippen LogP contribution is -2.23. The Hall–Kier alpha value is -7.48. The molecule has 1 atom stereocenters. The fourth-order valence-corrected chi connectivity index (χ4v) is 10.2. The summed E-state index contributed by atoms with van der Waals surface area (Å²) in [5.41, 5.74) is 18.3. The van der Waals surface area contributed by atoms with Crippen LogP contribution in [0.2, 0.25) is 0 Å². The summed E-state index contributed by atoms with van der Waals surface area (Å²) in [6, 6.07) is 83.1. The van der Waals surface area contributed by atoms with E-state index in [1.165, 1.54) is 88.3 Å². The Morgan fingerprint density at radius 1 is 0.365 bits per heavy atom. The molecule has 0 N–H and O–H groups in total. The molecule has 0 amide bonds. The van der Waals surface area contributed by atoms with Gasteiger partial charge in [-0.1, -0.05) is 215 Å². The Morgan fingerprint density at radius 3 is 1.40 bits per heavy atom. The molecular formula is C62H49N. The Morgan fingerprint density at radius 2 is 0.810 bits per heavy atom. The van der Waals surface area contributed by atoms with Crippen LogP contribution in [-0.4, -0.2) is 0 Å². The van der Waals surface area contributed by atoms with Gasteiger partial charge in [0.05, 0.1) is 5.69 Å². The third kappa shape index (κ3) is 6.46. The number of hydrogen-bond donors (Lipinski definition) is 0. The molecule has 63 heavy (non-hydrogen) atoms. The van der Waals surface area contributed by atoms with E-state index in [1.54, 1.807) is 0 Å². The number of rotatable bonds is 7. The monoisotopic (exact) mass is 807 g/mol. The van der Waals surface area contributed by atoms with Crippen LogP contribution in [0.3, 0.4) is 0 Å². The van der Waals surface area contributed by atoms with Gasteiger partial charge in [0, 0.05) is 22.4 Å². The van der Waals surface area contributed by atoms with E-state index in [2.05, 4.69) is 257 Å². The highest BCUT2D eigenvalue weighted by Gasteiger charge is 2.42. The van der Waals surface area contributed by atoms with Crippen LogP contribution in [0.5, 0.6) is 0 Å². The molecule has 0 bridgehead atoms. The van der Waals surface area contributed by atoms with Crippen LogP contribution < -0.4 is 4.90 Å². The van der Waals surface area contributed by atoms with E-state index in [4.69, 9.17) is 0 Å². The van der Waals surface area contributed by atoms with Crippen molar-refractivity contribution in [1.29, 1.82) is 0 Å². The first kappa shape index (κ1) is 38.4. The lowest BCUT2D eigenvalue weighted by Gasteiger charge is -2.30. The lowest BCUT2D eigenvalue weighted by molar-refractivity contribution is 0.589. The van der Waals surface area contributed by atoms with E-state index in [9.17, 15) is 0 Å². The maximum Gasteiger partial charge on any atom is 0.0540 e. The number of nitrogens with zero attached hydrogens (tertiary/aromatic N) is 1. The van der Waals surface area contributed by atoms with Crippen LogP contribution >= 0.6 is 0 Å². The van der Waals surface area contributed by atoms with Crippen molar-refractivity contribution < 1.29 is 0 Å². The average Bonchev–Trinajstić information content (AvgIpc) is 3.60. The molecule has 0 heterocycles. The van der Waals surface area contributed by atoms with Crippen molar-refractivity contribution in [3.05, 3.63) is 247 Å². The number of fused-ring (bicyclic) bond motifs is 5. The molecule has 0 aliphatic heterocycles. The number of anilines is 3. The lowest BCUT2D eigenvalue weighted by atomic mass is 9.73. The van der Waals surface area contributed by atoms with Gasteiger partial charge < -0.3 is 4.90 Å². The maximum atomic E-state index is 2.44. The van der Waals surface area contributed by atoms with Crippen molar-refractivity contribution in [2.75, 3.05) is 4.90 Å². The van der Waals surface area contributed by atoms with Crippen molar-refractivity contribution in [3.8, 4) is 44.5 Å². The molecule has 0 saturated heterocycles. The fraction of sp³-hybridized carbons (Fsp3) is 0.0968. The highest BCUT2D eigenvalue weighted by atomic mass is 15.1. The molecule has 11 rings (SSSR count). The Bertz CT molecular complexity index is 3180. The second-order valence-electron chi connectivity index (χ2n) is 18.2. The molecule has 0 saturated carbocycles. The molecular weight excluding hydrogens is 759 g/mol. The summed E-state index contributed by atoms with van der Waals surface area (Å²) < 4.78 is 0. The summed E-state index contributed by atoms with van der Waals surface area (Å²) in [5, 5.41) is 5.01. The van der Waals surface area contributed by atoms with E-state index in [0.29, 0.717) is 0 Å². The SMILES string of the molecule is CC(C)(C)c1ccc(C2(C)c3ccccc3-c3c(-c4ccccc4N(c4ccc(-c5cccc6ccccc56)cc4)c4ccc(-c5cccc6ccccc56)cc4)cccc32)cc1. The minimum Gasteiger partial charge on any atom is -0.310 e. The average molecular weight is 808 g/mol. The summed E-state index contributed by atoms with van der Waals surface area (Å²) in [7, 11) is 0. The van der Waals surface area contributed by atoms with Crippen molar-refractivity contribution in [1.82, 2.24) is 0 Å². The molecule has 1 aliphatic rings. The third-order valence-electron chi connectivity index (χ3n) is 13.6. The van der Waals surface area contributed by atoms with E-state index in [0.717, 1.165) is 17.1 Å². The highest BCUT2D eigenvalue weighted by molar-refractivity contribution is 6.01. The third-order valence-corrected chi connectivity index (χ3v) is 13.6. The molecule has 1 aliphatic carbocycles. The normalized spacial score (nSPS) is 14.4. The Labute approximate surface area is 371 Å². The summed E-state index contributed by atoms with van der Waals surface area (Å²) in [4.78, 5) is 2.44. The van der Waals surface area contributed by atoms with Gasteiger partial charge in [0.1, 0.15) is 0 Å². The summed E-state index contributed by atoms with van der Waals surface area (Å²) >= 11 is 0. The fourth-order valence-electron chi connectivity index (χ4n) is 10.2. The van der Waals surface area contributed by atoms with Gasteiger partial charge in [-0.15, -0.1) is 0 Å². The predicted octanol–water partition coefficient (Wildman–Crippen LogP) is 17.1. The number of para-hydroxylation sites is 1. The maximum absolute atomic E-state index is 2.44. The standard InChI is InChI=1S/C62H49N/c1-61(2,3)46-34-36-47(37-35-46)62(4)57-27-11-9-23-56(57)60-55(26-15-28-58(60)62)54-22-10-12-29-59(54)63(48-38-30-44(31-39-48)52-24-13-18-42-16-5-7-20-50(42)52)49-40-32-45(33-41-49)53-25-14-19-43-17-6-8-21-51(43)53/h5-41H,1-4H3. The summed E-state index contributed by atoms with van der Waals surface area (Å²) in [6.45, 7) is 9.28. The van der Waals surface area contributed by atoms with Crippen molar-refractivity contribution in [2.24, 2.45) is 0 Å². The van der Waals surface area contributed by atoms with Crippen LogP contribution in [0.25, 0.3) is 66.1 Å². The van der Waals surface area contributed by atoms with Crippen LogP contribution in [0.4, 0.5) is 17.1 Å². The number of benzene rings is 10. The minimum atomic E-state index is -0.318. The van der Waals surface area contributed by atoms with Crippen molar-refractivity contribution in [2.45, 2.75) is 38.5 Å². The molecule has 1 unspecified atom stereocenters. The zero-order valence-corrected chi connectivity index (χ0v) is 36.3. The van der Waals surface area contributed by atoms with Gasteiger partial charge in [0.15, 0.2) is 0 Å². The van der Waals surface area contributed by atoms with Gasteiger partial charge in [-0.3, -0.25) is 0 Å². The second-order valence-corrected chi connectivity index (χ2v) is 18.2. The van der Waals surface area contributed by atoms with Crippen LogP contribution in [0.1, 0.15) is 49.9 Å². The van der Waals surface area contributed by atoms with Gasteiger partial charge in [0.2, 0.25) is 0 Å². The topological polar surface area (TPSA) is 3.24 Å². The van der Waals surface area contributed by atoms with E-state index in [-0.39, 0.29) is 10.8 Å². The Kier molecular flexibility index (Phi) is 9.25. The second kappa shape index (κ2) is 15.2. The van der Waals surface area contributed by atoms with Gasteiger partial charge in [0.25, 0.3) is 0 Å². The molecule has 0 aromatic heterocycles. The smallest absolute Gasteiger partial charge is 0.0540 e. The van der Waals surface area contributed by atoms with Gasteiger partial charge >= 0.3 is 0 Å². The van der Waals surface area contributed by atoms with Crippen molar-refractivity contribution in [3.63, 3.8) is 0 Å². The molecule has 302 valence electrons. The quantitative estimate of drug-likeness (QED) is 0.155. The zero-order chi connectivity index (χ0) is 42.7. The molecule has 1 nitrogen and oxygen atoms in total. The van der Waals surface area contributed by atoms with Gasteiger partial charge in [-0.25, -0.2) is 0 Å². The summed E-state index contributed by atoms with van der Waals surface area (Å²) in [5.74, 6) is 0. The van der Waals surface area contributed by atoms with Gasteiger partial charge in [-0.2, -0.15) is 0 Å². The first-order chi connectivity index (χ1) is 30.8. The molecule has 0 fully saturated rings. The predicted molar refractivity (Wildman–Crippen MR) is 269 cm³/mol. The first-order valence-electron chi connectivity index (χ1n) is 22.2. The first-order valence-corrected chi connectivity index (χ1v) is 22.2. The molecule has 0 radical (unpaired) electrons. The van der Waals surface area contributed by atoms with Crippen LogP contribution in [-0.2, 0) is 10.8 Å². The highest BCUT2D eigenvalue weighted by Crippen LogP contribution is 2.56. The Balaban J connectivity index is 1.08. The molecule has 1 heteroatoms. The van der Waals surface area contributed by atoms with E-state index >= 15 is 0 Å². The molecule has 0 spiro atoms. The zero-order valence-electron chi connectivity index (χ0n) is 36.3. The molecule has 10 aromatic rings. The van der Waals surface area contributed by atoms with Crippen LogP contribution in [0, 0.1) is 0 Å². The number of hydrogen-bond acceptors (Lipinski definition) is 1. The van der Waals surface area contributed by atoms with E-state index in [1.807, 2.05) is 0 Å². The van der Waals surface area contributed by atoms with Crippen LogP contribution in [0.15, 0.2) is 224 Å². The largest absolute Gasteiger partial charge is 0.310 e. The minimum absolute atomic E-state index is 0.0835. The molecule has 10 aromatic carbocycles. The van der Waals surface area contributed by atoms with Gasteiger partial charge in [-0.05, 0) is 125 Å². The van der Waals surface area contributed by atoms with Crippen molar-refractivity contribution >= 4 is 38.6 Å².